The molecular formula is C26H29N3O4S. The normalized spacial score (nSPS) is 12.0. The van der Waals surface area contributed by atoms with Crippen LogP contribution < -0.4 is 14.9 Å². The van der Waals surface area contributed by atoms with E-state index in [1.54, 1.807) is 37.3 Å². The van der Waals surface area contributed by atoms with Crippen molar-refractivity contribution in [3.63, 3.8) is 0 Å². The standard InChI is InChI=1S/C26H29N3O4S/c1-18-14-15-19(2)24(16-18)29(34(4,32)33)17-25(30)28-23-13-9-8-12-22(23)26(31)27-20(3)21-10-6-5-7-11-21/h5-16,20H,17H2,1-4H3,(H,27,31)(H,28,30)/t20-/m1/s1. The SMILES string of the molecule is Cc1ccc(C)c(N(CC(=O)Nc2ccccc2C(=O)N[C@H](C)c2ccccc2)S(C)(=O)=O)c1. The molecule has 178 valence electrons. The minimum atomic E-state index is -3.72. The van der Waals surface area contributed by atoms with Crippen LogP contribution in [0.25, 0.3) is 0 Å². The molecule has 0 saturated carbocycles. The molecule has 0 saturated heterocycles. The van der Waals surface area contributed by atoms with Gasteiger partial charge in [0.25, 0.3) is 5.91 Å². The molecule has 1 atom stereocenters. The van der Waals surface area contributed by atoms with Crippen molar-refractivity contribution in [1.82, 2.24) is 5.32 Å². The maximum Gasteiger partial charge on any atom is 0.253 e. The number of anilines is 2. The van der Waals surface area contributed by atoms with Crippen molar-refractivity contribution in [2.45, 2.75) is 26.8 Å². The second-order valence-corrected chi connectivity index (χ2v) is 10.2. The number of amides is 2. The molecule has 2 amide bonds. The number of benzene rings is 3. The Hall–Kier alpha value is -3.65. The molecule has 0 unspecified atom stereocenters. The third-order valence-corrected chi connectivity index (χ3v) is 6.54. The maximum absolute atomic E-state index is 12.9. The first kappa shape index (κ1) is 25.0. The fourth-order valence-electron chi connectivity index (χ4n) is 3.58. The topological polar surface area (TPSA) is 95.6 Å². The molecule has 0 spiro atoms. The zero-order valence-electron chi connectivity index (χ0n) is 19.7. The highest BCUT2D eigenvalue weighted by atomic mass is 32.2. The van der Waals surface area contributed by atoms with Crippen molar-refractivity contribution >= 4 is 33.2 Å². The van der Waals surface area contributed by atoms with Crippen molar-refractivity contribution in [2.75, 3.05) is 22.4 Å². The van der Waals surface area contributed by atoms with E-state index in [0.717, 1.165) is 27.3 Å². The van der Waals surface area contributed by atoms with E-state index in [0.29, 0.717) is 11.4 Å². The van der Waals surface area contributed by atoms with Crippen LogP contribution in [0.15, 0.2) is 72.8 Å². The molecule has 3 aromatic carbocycles. The highest BCUT2D eigenvalue weighted by Gasteiger charge is 2.23. The summed E-state index contributed by atoms with van der Waals surface area (Å²) in [6, 6.07) is 21.4. The van der Waals surface area contributed by atoms with E-state index in [2.05, 4.69) is 10.6 Å². The summed E-state index contributed by atoms with van der Waals surface area (Å²) in [6.45, 7) is 5.11. The molecule has 0 fully saturated rings. The predicted molar refractivity (Wildman–Crippen MR) is 136 cm³/mol. The summed E-state index contributed by atoms with van der Waals surface area (Å²) in [5.41, 5.74) is 3.61. The Morgan fingerprint density at radius 1 is 0.941 bits per heavy atom. The second kappa shape index (κ2) is 10.5. The number of hydrogen-bond acceptors (Lipinski definition) is 4. The van der Waals surface area contributed by atoms with Crippen molar-refractivity contribution in [3.05, 3.63) is 95.1 Å². The van der Waals surface area contributed by atoms with Gasteiger partial charge in [-0.1, -0.05) is 54.6 Å². The molecule has 0 aliphatic rings. The molecule has 0 aromatic heterocycles. The quantitative estimate of drug-likeness (QED) is 0.506. The minimum Gasteiger partial charge on any atom is -0.345 e. The molecule has 2 N–H and O–H groups in total. The van der Waals surface area contributed by atoms with Gasteiger partial charge in [-0.15, -0.1) is 0 Å². The molecule has 3 rings (SSSR count). The Labute approximate surface area is 200 Å². The second-order valence-electron chi connectivity index (χ2n) is 8.26. The number of nitrogens with zero attached hydrogens (tertiary/aromatic N) is 1. The molecule has 0 aliphatic carbocycles. The van der Waals surface area contributed by atoms with E-state index >= 15 is 0 Å². The van der Waals surface area contributed by atoms with Crippen molar-refractivity contribution < 1.29 is 18.0 Å². The van der Waals surface area contributed by atoms with Crippen LogP contribution in [0.3, 0.4) is 0 Å². The first-order valence-electron chi connectivity index (χ1n) is 10.9. The van der Waals surface area contributed by atoms with Gasteiger partial charge in [0.05, 0.1) is 29.2 Å². The lowest BCUT2D eigenvalue weighted by Gasteiger charge is -2.24. The summed E-state index contributed by atoms with van der Waals surface area (Å²) in [6.07, 6.45) is 1.06. The summed E-state index contributed by atoms with van der Waals surface area (Å²) < 4.78 is 26.1. The number of sulfonamides is 1. The zero-order chi connectivity index (χ0) is 24.9. The van der Waals surface area contributed by atoms with Crippen LogP contribution >= 0.6 is 0 Å². The number of para-hydroxylation sites is 1. The van der Waals surface area contributed by atoms with Crippen molar-refractivity contribution in [3.8, 4) is 0 Å². The molecular weight excluding hydrogens is 450 g/mol. The van der Waals surface area contributed by atoms with E-state index in [-0.39, 0.29) is 17.5 Å². The lowest BCUT2D eigenvalue weighted by molar-refractivity contribution is -0.114. The van der Waals surface area contributed by atoms with Gasteiger partial charge in [0.1, 0.15) is 6.54 Å². The van der Waals surface area contributed by atoms with Crippen LogP contribution in [0.4, 0.5) is 11.4 Å². The molecule has 34 heavy (non-hydrogen) atoms. The Morgan fingerprint density at radius 2 is 1.59 bits per heavy atom. The van der Waals surface area contributed by atoms with Crippen LogP contribution in [-0.4, -0.2) is 33.0 Å². The van der Waals surface area contributed by atoms with Crippen molar-refractivity contribution in [1.29, 1.82) is 0 Å². The highest BCUT2D eigenvalue weighted by Crippen LogP contribution is 2.24. The lowest BCUT2D eigenvalue weighted by atomic mass is 10.1. The molecule has 8 heteroatoms. The molecule has 0 bridgehead atoms. The number of carbonyl (C=O) groups is 2. The van der Waals surface area contributed by atoms with Gasteiger partial charge in [-0.3, -0.25) is 13.9 Å². The summed E-state index contributed by atoms with van der Waals surface area (Å²) in [5, 5.41) is 5.64. The van der Waals surface area contributed by atoms with Crippen molar-refractivity contribution in [2.24, 2.45) is 0 Å². The third kappa shape index (κ3) is 6.23. The van der Waals surface area contributed by atoms with Crippen LogP contribution in [0, 0.1) is 13.8 Å². The number of hydrogen-bond donors (Lipinski definition) is 2. The van der Waals surface area contributed by atoms with Gasteiger partial charge in [0.15, 0.2) is 0 Å². The van der Waals surface area contributed by atoms with Crippen LogP contribution in [-0.2, 0) is 14.8 Å². The Morgan fingerprint density at radius 3 is 2.26 bits per heavy atom. The fraction of sp³-hybridized carbons (Fsp3) is 0.231. The van der Waals surface area contributed by atoms with Gasteiger partial charge >= 0.3 is 0 Å². The van der Waals surface area contributed by atoms with E-state index in [1.165, 1.54) is 0 Å². The highest BCUT2D eigenvalue weighted by molar-refractivity contribution is 7.92. The Kier molecular flexibility index (Phi) is 7.73. The maximum atomic E-state index is 12.9. The van der Waals surface area contributed by atoms with Gasteiger partial charge in [0, 0.05) is 0 Å². The monoisotopic (exact) mass is 479 g/mol. The summed E-state index contributed by atoms with van der Waals surface area (Å²) >= 11 is 0. The van der Waals surface area contributed by atoms with E-state index in [1.807, 2.05) is 56.3 Å². The van der Waals surface area contributed by atoms with Gasteiger partial charge in [-0.25, -0.2) is 8.42 Å². The Balaban J connectivity index is 1.79. The smallest absolute Gasteiger partial charge is 0.253 e. The largest absolute Gasteiger partial charge is 0.345 e. The predicted octanol–water partition coefficient (Wildman–Crippen LogP) is 4.20. The molecule has 3 aromatic rings. The minimum absolute atomic E-state index is 0.234. The van der Waals surface area contributed by atoms with E-state index < -0.39 is 22.5 Å². The Bertz CT molecular complexity index is 1290. The van der Waals surface area contributed by atoms with Gasteiger partial charge < -0.3 is 10.6 Å². The summed E-state index contributed by atoms with van der Waals surface area (Å²) in [4.78, 5) is 25.9. The molecule has 0 radical (unpaired) electrons. The molecule has 7 nitrogen and oxygen atoms in total. The molecule has 0 aliphatic heterocycles. The third-order valence-electron chi connectivity index (χ3n) is 5.41. The number of rotatable bonds is 8. The number of carbonyl (C=O) groups excluding carboxylic acids is 2. The fourth-order valence-corrected chi connectivity index (χ4v) is 4.48. The average molecular weight is 480 g/mol. The van der Waals surface area contributed by atoms with Gasteiger partial charge in [-0.2, -0.15) is 0 Å². The molecule has 0 heterocycles. The van der Waals surface area contributed by atoms with E-state index in [9.17, 15) is 18.0 Å². The first-order valence-corrected chi connectivity index (χ1v) is 12.7. The zero-order valence-corrected chi connectivity index (χ0v) is 20.5. The van der Waals surface area contributed by atoms with Crippen LogP contribution in [0.5, 0.6) is 0 Å². The van der Waals surface area contributed by atoms with Gasteiger partial charge in [-0.05, 0) is 55.7 Å². The van der Waals surface area contributed by atoms with Crippen LogP contribution in [0.1, 0.15) is 40.0 Å². The van der Waals surface area contributed by atoms with E-state index in [4.69, 9.17) is 0 Å². The first-order chi connectivity index (χ1) is 16.1. The van der Waals surface area contributed by atoms with Crippen LogP contribution in [0.2, 0.25) is 0 Å². The average Bonchev–Trinajstić information content (AvgIpc) is 2.79. The summed E-state index contributed by atoms with van der Waals surface area (Å²) in [5.74, 6) is -0.899. The van der Waals surface area contributed by atoms with Gasteiger partial charge in [0.2, 0.25) is 15.9 Å². The number of nitrogens with one attached hydrogen (secondary N) is 2. The lowest BCUT2D eigenvalue weighted by Crippen LogP contribution is -2.38. The number of aryl methyl sites for hydroxylation is 2. The summed E-state index contributed by atoms with van der Waals surface area (Å²) in [7, 11) is -3.72.